The molecular formula is C27H54O7. The van der Waals surface area contributed by atoms with Gasteiger partial charge in [-0.1, -0.05) is 97.3 Å². The molecule has 0 spiro atoms. The lowest BCUT2D eigenvalue weighted by Crippen LogP contribution is -2.55. The van der Waals surface area contributed by atoms with Crippen LogP contribution in [0.2, 0.25) is 0 Å². The summed E-state index contributed by atoms with van der Waals surface area (Å²) < 4.78 is 22.6. The van der Waals surface area contributed by atoms with Crippen molar-refractivity contribution in [3.05, 3.63) is 0 Å². The molecule has 3 N–H and O–H groups in total. The summed E-state index contributed by atoms with van der Waals surface area (Å²) in [5.41, 5.74) is 0. The molecule has 0 aromatic heterocycles. The third kappa shape index (κ3) is 13.7. The Bertz CT molecular complexity index is 449. The fourth-order valence-corrected chi connectivity index (χ4v) is 4.41. The van der Waals surface area contributed by atoms with Crippen LogP contribution in [0.25, 0.3) is 0 Å². The molecule has 1 rings (SSSR count). The maximum absolute atomic E-state index is 10.1. The molecule has 7 heteroatoms. The Morgan fingerprint density at radius 2 is 1.29 bits per heavy atom. The molecule has 0 saturated carbocycles. The van der Waals surface area contributed by atoms with E-state index in [1.165, 1.54) is 83.5 Å². The van der Waals surface area contributed by atoms with Crippen LogP contribution in [0.4, 0.5) is 0 Å². The number of aliphatic hydroxyl groups excluding tert-OH is 3. The summed E-state index contributed by atoms with van der Waals surface area (Å²) in [6, 6.07) is 0. The topological polar surface area (TPSA) is 97.6 Å². The zero-order valence-electron chi connectivity index (χ0n) is 22.2. The Labute approximate surface area is 208 Å². The zero-order chi connectivity index (χ0) is 25.0. The Morgan fingerprint density at radius 1 is 0.765 bits per heavy atom. The summed E-state index contributed by atoms with van der Waals surface area (Å²) in [6.45, 7) is 5.05. The second-order valence-corrected chi connectivity index (χ2v) is 9.93. The lowest BCUT2D eigenvalue weighted by molar-refractivity contribution is -0.287. The average Bonchev–Trinajstić information content (AvgIpc) is 2.85. The van der Waals surface area contributed by atoms with Gasteiger partial charge in [-0.25, -0.2) is 0 Å². The van der Waals surface area contributed by atoms with Gasteiger partial charge in [0, 0.05) is 19.6 Å². The van der Waals surface area contributed by atoms with Gasteiger partial charge in [-0.05, 0) is 6.42 Å². The molecular weight excluding hydrogens is 436 g/mol. The molecule has 0 aromatic rings. The van der Waals surface area contributed by atoms with E-state index >= 15 is 0 Å². The van der Waals surface area contributed by atoms with Crippen LogP contribution in [0.3, 0.4) is 0 Å². The van der Waals surface area contributed by atoms with Gasteiger partial charge in [0.25, 0.3) is 0 Å². The molecule has 0 amide bonds. The summed E-state index contributed by atoms with van der Waals surface area (Å²) in [5, 5.41) is 29.4. The maximum Gasteiger partial charge on any atom is 0.163 e. The van der Waals surface area contributed by atoms with E-state index < -0.39 is 30.5 Å². The highest BCUT2D eigenvalue weighted by atomic mass is 16.7. The van der Waals surface area contributed by atoms with Crippen molar-refractivity contribution < 1.29 is 34.3 Å². The number of aliphatic hydroxyl groups is 3. The molecule has 1 aliphatic heterocycles. The number of rotatable bonds is 22. The van der Waals surface area contributed by atoms with Crippen LogP contribution >= 0.6 is 0 Å². The van der Waals surface area contributed by atoms with Crippen molar-refractivity contribution in [3.63, 3.8) is 0 Å². The van der Waals surface area contributed by atoms with Crippen LogP contribution < -0.4 is 0 Å². The van der Waals surface area contributed by atoms with Crippen LogP contribution in [-0.2, 0) is 18.9 Å². The van der Waals surface area contributed by atoms with Crippen molar-refractivity contribution in [1.82, 2.24) is 0 Å². The molecule has 1 saturated heterocycles. The molecule has 6 atom stereocenters. The van der Waals surface area contributed by atoms with Crippen LogP contribution in [0.15, 0.2) is 0 Å². The van der Waals surface area contributed by atoms with Gasteiger partial charge in [0.2, 0.25) is 0 Å². The third-order valence-corrected chi connectivity index (χ3v) is 6.91. The standard InChI is InChI=1S/C27H54O7/c1-4-5-6-7-8-9-10-11-12-13-14-15-16-17-18-32-20-23(31-3)21-33-27-22(2)25(29)26(30)24(19-28)34-27/h22-30H,4-21H2,1-3H3/t22-,23?,24?,25?,26+,27+/m1/s1. The first-order valence-corrected chi connectivity index (χ1v) is 13.9. The Hall–Kier alpha value is -0.280. The lowest BCUT2D eigenvalue weighted by atomic mass is 9.92. The van der Waals surface area contributed by atoms with Gasteiger partial charge in [-0.15, -0.1) is 0 Å². The summed E-state index contributed by atoms with van der Waals surface area (Å²) in [6.07, 6.45) is 14.8. The van der Waals surface area contributed by atoms with Crippen LogP contribution in [-0.4, -0.2) is 79.6 Å². The van der Waals surface area contributed by atoms with Gasteiger partial charge < -0.3 is 34.3 Å². The first kappa shape index (κ1) is 31.7. The zero-order valence-corrected chi connectivity index (χ0v) is 22.2. The van der Waals surface area contributed by atoms with E-state index in [2.05, 4.69) is 6.92 Å². The molecule has 1 heterocycles. The van der Waals surface area contributed by atoms with E-state index in [4.69, 9.17) is 18.9 Å². The summed E-state index contributed by atoms with van der Waals surface area (Å²) in [7, 11) is 1.62. The molecule has 0 aliphatic carbocycles. The summed E-state index contributed by atoms with van der Waals surface area (Å²) in [5.74, 6) is -0.410. The maximum atomic E-state index is 10.1. The van der Waals surface area contributed by atoms with Crippen molar-refractivity contribution >= 4 is 0 Å². The smallest absolute Gasteiger partial charge is 0.163 e. The monoisotopic (exact) mass is 490 g/mol. The minimum atomic E-state index is -1.12. The van der Waals surface area contributed by atoms with Crippen LogP contribution in [0.1, 0.15) is 104 Å². The predicted molar refractivity (Wildman–Crippen MR) is 135 cm³/mol. The normalized spacial score (nSPS) is 26.1. The van der Waals surface area contributed by atoms with E-state index in [1.54, 1.807) is 14.0 Å². The summed E-state index contributed by atoms with van der Waals surface area (Å²) in [4.78, 5) is 0. The quantitative estimate of drug-likeness (QED) is 0.191. The van der Waals surface area contributed by atoms with Crippen molar-refractivity contribution in [1.29, 1.82) is 0 Å². The fourth-order valence-electron chi connectivity index (χ4n) is 4.41. The van der Waals surface area contributed by atoms with Crippen molar-refractivity contribution in [2.45, 2.75) is 134 Å². The van der Waals surface area contributed by atoms with E-state index in [0.717, 1.165) is 6.42 Å². The molecule has 0 aromatic carbocycles. The first-order valence-electron chi connectivity index (χ1n) is 13.9. The Balaban J connectivity index is 1.97. The molecule has 0 radical (unpaired) electrons. The molecule has 204 valence electrons. The minimum Gasteiger partial charge on any atom is -0.394 e. The molecule has 1 fully saturated rings. The van der Waals surface area contributed by atoms with Gasteiger partial charge in [-0.3, -0.25) is 0 Å². The van der Waals surface area contributed by atoms with Gasteiger partial charge in [0.05, 0.1) is 25.9 Å². The Morgan fingerprint density at radius 3 is 1.79 bits per heavy atom. The highest BCUT2D eigenvalue weighted by Gasteiger charge is 2.42. The van der Waals surface area contributed by atoms with Crippen molar-refractivity contribution in [3.8, 4) is 0 Å². The van der Waals surface area contributed by atoms with Crippen LogP contribution in [0.5, 0.6) is 0 Å². The van der Waals surface area contributed by atoms with Gasteiger partial charge in [0.15, 0.2) is 6.29 Å². The number of methoxy groups -OCH3 is 1. The molecule has 0 bridgehead atoms. The molecule has 1 aliphatic rings. The Kier molecular flexibility index (Phi) is 19.5. The van der Waals surface area contributed by atoms with E-state index in [1.807, 2.05) is 0 Å². The largest absolute Gasteiger partial charge is 0.394 e. The van der Waals surface area contributed by atoms with E-state index in [0.29, 0.717) is 13.2 Å². The SMILES string of the molecule is CCCCCCCCCCCCCCCCOCC(CO[C@H]1OC(CO)[C@H](O)C(O)[C@H]1C)OC. The van der Waals surface area contributed by atoms with Gasteiger partial charge in [0.1, 0.15) is 18.3 Å². The summed E-state index contributed by atoms with van der Waals surface area (Å²) >= 11 is 0. The molecule has 3 unspecified atom stereocenters. The van der Waals surface area contributed by atoms with Crippen LogP contribution in [0, 0.1) is 5.92 Å². The predicted octanol–water partition coefficient (Wildman–Crippen LogP) is 4.59. The van der Waals surface area contributed by atoms with E-state index in [9.17, 15) is 15.3 Å². The van der Waals surface area contributed by atoms with Crippen molar-refractivity contribution in [2.24, 2.45) is 5.92 Å². The third-order valence-electron chi connectivity index (χ3n) is 6.91. The first-order chi connectivity index (χ1) is 16.5. The number of hydrogen-bond donors (Lipinski definition) is 3. The number of unbranched alkanes of at least 4 members (excludes halogenated alkanes) is 13. The second-order valence-electron chi connectivity index (χ2n) is 9.93. The minimum absolute atomic E-state index is 0.237. The second kappa shape index (κ2) is 20.9. The highest BCUT2D eigenvalue weighted by Crippen LogP contribution is 2.26. The van der Waals surface area contributed by atoms with Crippen molar-refractivity contribution in [2.75, 3.05) is 33.5 Å². The molecule has 7 nitrogen and oxygen atoms in total. The van der Waals surface area contributed by atoms with E-state index in [-0.39, 0.29) is 19.3 Å². The highest BCUT2D eigenvalue weighted by molar-refractivity contribution is 4.87. The number of hydrogen-bond acceptors (Lipinski definition) is 7. The average molecular weight is 491 g/mol. The molecule has 34 heavy (non-hydrogen) atoms. The van der Waals surface area contributed by atoms with Gasteiger partial charge in [-0.2, -0.15) is 0 Å². The fraction of sp³-hybridized carbons (Fsp3) is 1.00. The van der Waals surface area contributed by atoms with Gasteiger partial charge >= 0.3 is 0 Å². The lowest BCUT2D eigenvalue weighted by Gasteiger charge is -2.40. The number of ether oxygens (including phenoxy) is 4.